The number of carboxylic acid groups (broad SMARTS) is 1. The van der Waals surface area contributed by atoms with Gasteiger partial charge in [-0.25, -0.2) is 4.79 Å². The van der Waals surface area contributed by atoms with Crippen molar-refractivity contribution >= 4 is 11.9 Å². The smallest absolute Gasteiger partial charge is 0.331 e. The maximum Gasteiger partial charge on any atom is 0.331 e. The minimum atomic E-state index is -1.04. The average molecular weight is 341 g/mol. The molecule has 0 bridgehead atoms. The van der Waals surface area contributed by atoms with Crippen LogP contribution in [0, 0.1) is 0 Å². The first kappa shape index (κ1) is 16.8. The number of nitrogens with zero attached hydrogens (tertiary/aromatic N) is 1. The number of carboxylic acids is 1. The molecular weight excluding hydrogens is 322 g/mol. The van der Waals surface area contributed by atoms with Crippen molar-refractivity contribution in [1.29, 1.82) is 0 Å². The molecule has 1 N–H and O–H groups in total. The van der Waals surface area contributed by atoms with Gasteiger partial charge in [0.2, 0.25) is 0 Å². The summed E-state index contributed by atoms with van der Waals surface area (Å²) >= 11 is 0. The first-order chi connectivity index (χ1) is 12.1. The van der Waals surface area contributed by atoms with Crippen LogP contribution >= 0.6 is 0 Å². The summed E-state index contributed by atoms with van der Waals surface area (Å²) in [6, 6.07) is 13.2. The molecule has 0 saturated carbocycles. The lowest BCUT2D eigenvalue weighted by molar-refractivity contribution is -0.152. The van der Waals surface area contributed by atoms with E-state index in [2.05, 4.69) is 0 Å². The van der Waals surface area contributed by atoms with Gasteiger partial charge < -0.3 is 19.5 Å². The molecule has 6 heteroatoms. The normalized spacial score (nSPS) is 16.0. The highest BCUT2D eigenvalue weighted by Crippen LogP contribution is 2.30. The minimum Gasteiger partial charge on any atom is -0.497 e. The van der Waals surface area contributed by atoms with Crippen LogP contribution in [0.4, 0.5) is 0 Å². The van der Waals surface area contributed by atoms with E-state index in [0.717, 1.165) is 5.56 Å². The number of fused-ring (bicyclic) bond motifs is 1. The van der Waals surface area contributed by atoms with E-state index in [4.69, 9.17) is 9.47 Å². The van der Waals surface area contributed by atoms with E-state index in [9.17, 15) is 14.7 Å². The Balaban J connectivity index is 1.71. The number of ether oxygens (including phenoxy) is 2. The molecule has 0 saturated heterocycles. The van der Waals surface area contributed by atoms with Crippen LogP contribution in [0.2, 0.25) is 0 Å². The Morgan fingerprint density at radius 2 is 1.80 bits per heavy atom. The van der Waals surface area contributed by atoms with E-state index < -0.39 is 12.0 Å². The fraction of sp³-hybridized carbons (Fsp3) is 0.263. The molecule has 25 heavy (non-hydrogen) atoms. The monoisotopic (exact) mass is 341 g/mol. The van der Waals surface area contributed by atoms with E-state index in [-0.39, 0.29) is 12.5 Å². The molecule has 2 aromatic rings. The van der Waals surface area contributed by atoms with Gasteiger partial charge >= 0.3 is 5.97 Å². The number of carbonyl (C=O) groups excluding carboxylic acids is 1. The predicted octanol–water partition coefficient (Wildman–Crippen LogP) is 2.28. The molecule has 1 atom stereocenters. The van der Waals surface area contributed by atoms with Gasteiger partial charge in [-0.1, -0.05) is 24.3 Å². The van der Waals surface area contributed by atoms with Crippen LogP contribution in [0.25, 0.3) is 0 Å². The summed E-state index contributed by atoms with van der Waals surface area (Å²) in [6.45, 7) is 0.150. The number of rotatable bonds is 5. The van der Waals surface area contributed by atoms with Crippen molar-refractivity contribution in [2.45, 2.75) is 12.5 Å². The Kier molecular flexibility index (Phi) is 4.88. The Labute approximate surface area is 145 Å². The van der Waals surface area contributed by atoms with Crippen LogP contribution in [0.5, 0.6) is 11.5 Å². The Morgan fingerprint density at radius 3 is 2.48 bits per heavy atom. The molecule has 1 heterocycles. The molecule has 1 unspecified atom stereocenters. The van der Waals surface area contributed by atoms with Crippen LogP contribution in [0.15, 0.2) is 48.5 Å². The van der Waals surface area contributed by atoms with Crippen LogP contribution < -0.4 is 9.47 Å². The first-order valence-corrected chi connectivity index (χ1v) is 7.97. The molecule has 1 amide bonds. The fourth-order valence-corrected chi connectivity index (χ4v) is 3.00. The molecule has 0 aromatic heterocycles. The van der Waals surface area contributed by atoms with Crippen molar-refractivity contribution in [2.75, 3.05) is 20.3 Å². The van der Waals surface area contributed by atoms with Gasteiger partial charge in [0, 0.05) is 6.54 Å². The third-order valence-electron chi connectivity index (χ3n) is 4.26. The number of hydrogen-bond acceptors (Lipinski definition) is 4. The van der Waals surface area contributed by atoms with Gasteiger partial charge in [-0.3, -0.25) is 4.79 Å². The largest absolute Gasteiger partial charge is 0.497 e. The highest BCUT2D eigenvalue weighted by atomic mass is 16.5. The molecule has 0 aliphatic carbocycles. The molecule has 130 valence electrons. The molecule has 6 nitrogen and oxygen atoms in total. The summed E-state index contributed by atoms with van der Waals surface area (Å²) in [5.41, 5.74) is 1.63. The van der Waals surface area contributed by atoms with Gasteiger partial charge in [0.15, 0.2) is 12.6 Å². The molecule has 3 rings (SSSR count). The maximum absolute atomic E-state index is 12.5. The highest BCUT2D eigenvalue weighted by molar-refractivity contribution is 5.86. The number of amides is 1. The summed E-state index contributed by atoms with van der Waals surface area (Å²) in [7, 11) is 1.57. The van der Waals surface area contributed by atoms with Gasteiger partial charge in [0.1, 0.15) is 11.5 Å². The van der Waals surface area contributed by atoms with Crippen LogP contribution in [-0.2, 0) is 16.0 Å². The standard InChI is InChI=1S/C19H19NO5/c1-24-14-6-8-15(9-7-14)25-12-17(21)20-11-10-13-4-2-3-5-16(13)18(20)19(22)23/h2-9,18H,10-12H2,1H3,(H,22,23). The molecule has 1 aliphatic heterocycles. The zero-order valence-corrected chi connectivity index (χ0v) is 13.8. The third-order valence-corrected chi connectivity index (χ3v) is 4.26. The second-order valence-corrected chi connectivity index (χ2v) is 5.74. The van der Waals surface area contributed by atoms with Crippen molar-refractivity contribution in [3.05, 3.63) is 59.7 Å². The third kappa shape index (κ3) is 3.57. The van der Waals surface area contributed by atoms with Crippen molar-refractivity contribution in [3.8, 4) is 11.5 Å². The molecule has 2 aromatic carbocycles. The Bertz CT molecular complexity index is 772. The van der Waals surface area contributed by atoms with E-state index in [1.54, 1.807) is 43.5 Å². The molecule has 0 spiro atoms. The topological polar surface area (TPSA) is 76.1 Å². The van der Waals surface area contributed by atoms with E-state index in [1.807, 2.05) is 12.1 Å². The summed E-state index contributed by atoms with van der Waals surface area (Å²) < 4.78 is 10.6. The van der Waals surface area contributed by atoms with E-state index in [0.29, 0.717) is 30.0 Å². The summed E-state index contributed by atoms with van der Waals surface area (Å²) in [6.07, 6.45) is 0.633. The number of methoxy groups -OCH3 is 1. The SMILES string of the molecule is COc1ccc(OCC(=O)N2CCc3ccccc3C2C(=O)O)cc1. The van der Waals surface area contributed by atoms with E-state index >= 15 is 0 Å². The minimum absolute atomic E-state index is 0.210. The van der Waals surface area contributed by atoms with Gasteiger partial charge in [0.25, 0.3) is 5.91 Å². The Morgan fingerprint density at radius 1 is 1.12 bits per heavy atom. The Hall–Kier alpha value is -3.02. The second kappa shape index (κ2) is 7.25. The quantitative estimate of drug-likeness (QED) is 0.903. The lowest BCUT2D eigenvalue weighted by Gasteiger charge is -2.34. The predicted molar refractivity (Wildman–Crippen MR) is 90.7 cm³/mol. The second-order valence-electron chi connectivity index (χ2n) is 5.74. The number of hydrogen-bond donors (Lipinski definition) is 1. The van der Waals surface area contributed by atoms with Crippen LogP contribution in [0.3, 0.4) is 0 Å². The van der Waals surface area contributed by atoms with Crippen molar-refractivity contribution in [2.24, 2.45) is 0 Å². The maximum atomic E-state index is 12.5. The number of benzene rings is 2. The lowest BCUT2D eigenvalue weighted by Crippen LogP contribution is -2.45. The average Bonchev–Trinajstić information content (AvgIpc) is 2.65. The number of aliphatic carboxylic acids is 1. The first-order valence-electron chi connectivity index (χ1n) is 7.97. The van der Waals surface area contributed by atoms with Gasteiger partial charge in [0.05, 0.1) is 7.11 Å². The van der Waals surface area contributed by atoms with Crippen LogP contribution in [-0.4, -0.2) is 42.1 Å². The summed E-state index contributed by atoms with van der Waals surface area (Å²) in [5.74, 6) is -0.168. The molecule has 0 radical (unpaired) electrons. The lowest BCUT2D eigenvalue weighted by atomic mass is 9.92. The molecule has 1 aliphatic rings. The van der Waals surface area contributed by atoms with Crippen molar-refractivity contribution in [1.82, 2.24) is 4.90 Å². The zero-order chi connectivity index (χ0) is 17.8. The van der Waals surface area contributed by atoms with Gasteiger partial charge in [-0.15, -0.1) is 0 Å². The van der Waals surface area contributed by atoms with Gasteiger partial charge in [-0.2, -0.15) is 0 Å². The van der Waals surface area contributed by atoms with Crippen molar-refractivity contribution in [3.63, 3.8) is 0 Å². The molecule has 0 fully saturated rings. The van der Waals surface area contributed by atoms with Crippen molar-refractivity contribution < 1.29 is 24.2 Å². The summed E-state index contributed by atoms with van der Waals surface area (Å²) in [5, 5.41) is 9.60. The fourth-order valence-electron chi connectivity index (χ4n) is 3.00. The molecular formula is C19H19NO5. The number of carbonyl (C=O) groups is 2. The summed E-state index contributed by atoms with van der Waals surface area (Å²) in [4.78, 5) is 25.6. The van der Waals surface area contributed by atoms with Gasteiger partial charge in [-0.05, 0) is 41.8 Å². The highest BCUT2D eigenvalue weighted by Gasteiger charge is 2.35. The van der Waals surface area contributed by atoms with E-state index in [1.165, 1.54) is 4.90 Å². The zero-order valence-electron chi connectivity index (χ0n) is 13.8. The van der Waals surface area contributed by atoms with Crippen LogP contribution in [0.1, 0.15) is 17.2 Å².